The van der Waals surface area contributed by atoms with Crippen molar-refractivity contribution < 1.29 is 9.53 Å². The molecule has 1 saturated heterocycles. The number of fused-ring (bicyclic) bond motifs is 1. The fourth-order valence-electron chi connectivity index (χ4n) is 2.60. The molecule has 0 bridgehead atoms. The van der Waals surface area contributed by atoms with Gasteiger partial charge in [0.1, 0.15) is 11.8 Å². The predicted molar refractivity (Wildman–Crippen MR) is 93.2 cm³/mol. The van der Waals surface area contributed by atoms with Crippen LogP contribution in [0.2, 0.25) is 0 Å². The van der Waals surface area contributed by atoms with Crippen LogP contribution in [-0.4, -0.2) is 34.0 Å². The zero-order valence-corrected chi connectivity index (χ0v) is 14.5. The van der Waals surface area contributed by atoms with Gasteiger partial charge >= 0.3 is 0 Å². The molecule has 1 fully saturated rings. The van der Waals surface area contributed by atoms with Gasteiger partial charge in [-0.2, -0.15) is 0 Å². The van der Waals surface area contributed by atoms with Gasteiger partial charge in [-0.3, -0.25) is 4.79 Å². The molecule has 1 aliphatic rings. The SMILES string of the molecule is Cc1ccc2nc(CNC(=O)[C@@H]3CC[C@H](CN)O3)cn2c1.Cl.Cl. The number of hydrogen-bond acceptors (Lipinski definition) is 4. The highest BCUT2D eigenvalue weighted by Crippen LogP contribution is 2.19. The van der Waals surface area contributed by atoms with Gasteiger partial charge in [0.25, 0.3) is 0 Å². The number of pyridine rings is 1. The lowest BCUT2D eigenvalue weighted by atomic mass is 10.2. The third kappa shape index (κ3) is 4.57. The second kappa shape index (κ2) is 8.49. The molecule has 2 aromatic rings. The maximum absolute atomic E-state index is 12.0. The van der Waals surface area contributed by atoms with Crippen molar-refractivity contribution in [3.05, 3.63) is 35.8 Å². The van der Waals surface area contributed by atoms with E-state index in [1.807, 2.05) is 35.9 Å². The largest absolute Gasteiger partial charge is 0.364 e. The Kier molecular flexibility index (Phi) is 7.28. The lowest BCUT2D eigenvalue weighted by Gasteiger charge is -2.11. The van der Waals surface area contributed by atoms with Crippen molar-refractivity contribution in [1.82, 2.24) is 14.7 Å². The van der Waals surface area contributed by atoms with Crippen LogP contribution in [0, 0.1) is 6.92 Å². The van der Waals surface area contributed by atoms with Crippen LogP contribution in [-0.2, 0) is 16.1 Å². The smallest absolute Gasteiger partial charge is 0.249 e. The van der Waals surface area contributed by atoms with E-state index >= 15 is 0 Å². The van der Waals surface area contributed by atoms with E-state index < -0.39 is 0 Å². The molecule has 23 heavy (non-hydrogen) atoms. The van der Waals surface area contributed by atoms with Crippen LogP contribution in [0.1, 0.15) is 24.1 Å². The first-order valence-corrected chi connectivity index (χ1v) is 7.23. The van der Waals surface area contributed by atoms with Gasteiger partial charge in [-0.25, -0.2) is 4.98 Å². The van der Waals surface area contributed by atoms with Crippen molar-refractivity contribution in [3.8, 4) is 0 Å². The molecular formula is C15H22Cl2N4O2. The molecule has 1 amide bonds. The van der Waals surface area contributed by atoms with Crippen molar-refractivity contribution in [3.63, 3.8) is 0 Å². The molecule has 0 unspecified atom stereocenters. The Morgan fingerprint density at radius 2 is 2.17 bits per heavy atom. The minimum absolute atomic E-state index is 0. The number of rotatable bonds is 4. The minimum Gasteiger partial charge on any atom is -0.364 e. The van der Waals surface area contributed by atoms with Crippen LogP contribution in [0.25, 0.3) is 5.65 Å². The summed E-state index contributed by atoms with van der Waals surface area (Å²) in [5.74, 6) is -0.0841. The Morgan fingerprint density at radius 3 is 2.87 bits per heavy atom. The van der Waals surface area contributed by atoms with Gasteiger partial charge in [0.05, 0.1) is 18.3 Å². The molecule has 128 valence electrons. The number of aryl methyl sites for hydroxylation is 1. The molecule has 0 aliphatic carbocycles. The van der Waals surface area contributed by atoms with E-state index in [2.05, 4.69) is 10.3 Å². The summed E-state index contributed by atoms with van der Waals surface area (Å²) < 4.78 is 7.54. The molecule has 2 atom stereocenters. The summed E-state index contributed by atoms with van der Waals surface area (Å²) in [5, 5.41) is 2.88. The van der Waals surface area contributed by atoms with Crippen LogP contribution < -0.4 is 11.1 Å². The normalized spacial score (nSPS) is 19.9. The molecule has 3 heterocycles. The van der Waals surface area contributed by atoms with Crippen molar-refractivity contribution in [2.24, 2.45) is 5.73 Å². The van der Waals surface area contributed by atoms with Gasteiger partial charge in [-0.05, 0) is 31.4 Å². The first-order chi connectivity index (χ1) is 10.2. The Hall–Kier alpha value is -1.34. The topological polar surface area (TPSA) is 81.7 Å². The van der Waals surface area contributed by atoms with Crippen molar-refractivity contribution in [2.75, 3.05) is 6.54 Å². The molecular weight excluding hydrogens is 339 g/mol. The van der Waals surface area contributed by atoms with E-state index in [9.17, 15) is 4.79 Å². The lowest BCUT2D eigenvalue weighted by molar-refractivity contribution is -0.132. The van der Waals surface area contributed by atoms with Gasteiger partial charge in [0.2, 0.25) is 5.91 Å². The summed E-state index contributed by atoms with van der Waals surface area (Å²) in [7, 11) is 0. The summed E-state index contributed by atoms with van der Waals surface area (Å²) in [5.41, 5.74) is 8.43. The second-order valence-corrected chi connectivity index (χ2v) is 5.48. The van der Waals surface area contributed by atoms with Crippen molar-refractivity contribution in [1.29, 1.82) is 0 Å². The van der Waals surface area contributed by atoms with E-state index in [1.165, 1.54) is 5.56 Å². The molecule has 3 N–H and O–H groups in total. The lowest BCUT2D eigenvalue weighted by Crippen LogP contribution is -2.35. The Labute approximate surface area is 147 Å². The average Bonchev–Trinajstić information content (AvgIpc) is 3.10. The number of halogens is 2. The average molecular weight is 361 g/mol. The van der Waals surface area contributed by atoms with E-state index in [4.69, 9.17) is 10.5 Å². The number of carbonyl (C=O) groups excluding carboxylic acids is 1. The third-order valence-corrected chi connectivity index (χ3v) is 3.76. The van der Waals surface area contributed by atoms with E-state index in [0.717, 1.165) is 24.2 Å². The number of amides is 1. The summed E-state index contributed by atoms with van der Waals surface area (Å²) in [6, 6.07) is 3.98. The number of nitrogens with one attached hydrogen (secondary N) is 1. The van der Waals surface area contributed by atoms with Gasteiger partial charge in [0, 0.05) is 18.9 Å². The highest BCUT2D eigenvalue weighted by atomic mass is 35.5. The zero-order valence-electron chi connectivity index (χ0n) is 12.9. The maximum atomic E-state index is 12.0. The van der Waals surface area contributed by atoms with Crippen LogP contribution in [0.15, 0.2) is 24.5 Å². The van der Waals surface area contributed by atoms with Crippen LogP contribution >= 0.6 is 24.8 Å². The highest BCUT2D eigenvalue weighted by Gasteiger charge is 2.29. The molecule has 0 aromatic carbocycles. The molecule has 3 rings (SSSR count). The number of nitrogens with zero attached hydrogens (tertiary/aromatic N) is 2. The Balaban J connectivity index is 0.00000132. The zero-order chi connectivity index (χ0) is 14.8. The molecule has 1 aliphatic heterocycles. The third-order valence-electron chi connectivity index (χ3n) is 3.76. The number of ether oxygens (including phenoxy) is 1. The maximum Gasteiger partial charge on any atom is 0.249 e. The standard InChI is InChI=1S/C15H20N4O2.2ClH/c1-10-2-5-14-18-11(9-19(14)8-10)7-17-15(20)13-4-3-12(6-16)21-13;;/h2,5,8-9,12-13H,3-4,6-7,16H2,1H3,(H,17,20);2*1H/t12-,13+;;/m1../s1. The fraction of sp³-hybridized carbons (Fsp3) is 0.467. The number of imidazole rings is 1. The number of hydrogen-bond donors (Lipinski definition) is 2. The quantitative estimate of drug-likeness (QED) is 0.867. The Bertz CT molecular complexity index is 662. The Morgan fingerprint density at radius 1 is 1.39 bits per heavy atom. The molecule has 0 radical (unpaired) electrons. The minimum atomic E-state index is -0.377. The second-order valence-electron chi connectivity index (χ2n) is 5.48. The first-order valence-electron chi connectivity index (χ1n) is 7.23. The van der Waals surface area contributed by atoms with Crippen LogP contribution in [0.5, 0.6) is 0 Å². The molecule has 0 saturated carbocycles. The molecule has 8 heteroatoms. The number of nitrogens with two attached hydrogens (primary N) is 1. The van der Waals surface area contributed by atoms with Gasteiger partial charge in [-0.15, -0.1) is 24.8 Å². The first kappa shape index (κ1) is 19.7. The summed E-state index contributed by atoms with van der Waals surface area (Å²) in [6.07, 6.45) is 5.16. The summed E-state index contributed by atoms with van der Waals surface area (Å²) in [6.45, 7) is 2.91. The molecule has 2 aromatic heterocycles. The summed E-state index contributed by atoms with van der Waals surface area (Å²) >= 11 is 0. The van der Waals surface area contributed by atoms with Crippen molar-refractivity contribution >= 4 is 36.4 Å². The fourth-order valence-corrected chi connectivity index (χ4v) is 2.60. The van der Waals surface area contributed by atoms with Crippen LogP contribution in [0.4, 0.5) is 0 Å². The monoisotopic (exact) mass is 360 g/mol. The molecule has 0 spiro atoms. The van der Waals surface area contributed by atoms with Gasteiger partial charge in [-0.1, -0.05) is 6.07 Å². The van der Waals surface area contributed by atoms with E-state index in [1.54, 1.807) is 0 Å². The summed E-state index contributed by atoms with van der Waals surface area (Å²) in [4.78, 5) is 16.5. The van der Waals surface area contributed by atoms with Crippen LogP contribution in [0.3, 0.4) is 0 Å². The van der Waals surface area contributed by atoms with E-state index in [-0.39, 0.29) is 42.9 Å². The molecule has 6 nitrogen and oxygen atoms in total. The van der Waals surface area contributed by atoms with Gasteiger partial charge in [0.15, 0.2) is 0 Å². The predicted octanol–water partition coefficient (Wildman–Crippen LogP) is 1.61. The van der Waals surface area contributed by atoms with Crippen molar-refractivity contribution in [2.45, 2.75) is 38.5 Å². The highest BCUT2D eigenvalue weighted by molar-refractivity contribution is 5.85. The van der Waals surface area contributed by atoms with Gasteiger partial charge < -0.3 is 20.2 Å². The van der Waals surface area contributed by atoms with E-state index in [0.29, 0.717) is 13.1 Å². The number of carbonyl (C=O) groups is 1. The number of aromatic nitrogens is 2.